The Morgan fingerprint density at radius 1 is 1.28 bits per heavy atom. The molecule has 7 heteroatoms. The number of carbonyl (C=O) groups is 2. The highest BCUT2D eigenvalue weighted by Crippen LogP contribution is 2.48. The fraction of sp³-hybridized carbons (Fsp3) is 0.227. The second kappa shape index (κ2) is 6.86. The van der Waals surface area contributed by atoms with Gasteiger partial charge in [0.05, 0.1) is 17.3 Å². The Kier molecular flexibility index (Phi) is 4.17. The molecular weight excluding hydrogens is 366 g/mol. The van der Waals surface area contributed by atoms with Crippen LogP contribution in [0.25, 0.3) is 10.9 Å². The summed E-state index contributed by atoms with van der Waals surface area (Å²) in [4.78, 5) is 25.3. The van der Waals surface area contributed by atoms with Crippen molar-refractivity contribution in [2.45, 2.75) is 18.9 Å². The number of hydrogen-bond acceptors (Lipinski definition) is 4. The number of carbonyl (C=O) groups excluding carboxylic acids is 2. The van der Waals surface area contributed by atoms with Crippen LogP contribution in [-0.2, 0) is 11.3 Å². The molecule has 5 rings (SSSR count). The van der Waals surface area contributed by atoms with Crippen molar-refractivity contribution in [2.75, 3.05) is 11.9 Å². The lowest BCUT2D eigenvalue weighted by Gasteiger charge is -2.11. The molecule has 2 aromatic carbocycles. The summed E-state index contributed by atoms with van der Waals surface area (Å²) in [7, 11) is 0. The van der Waals surface area contributed by atoms with E-state index in [0.717, 1.165) is 22.9 Å². The minimum absolute atomic E-state index is 0.0205. The molecule has 3 aromatic rings. The van der Waals surface area contributed by atoms with Crippen molar-refractivity contribution < 1.29 is 9.59 Å². The lowest BCUT2D eigenvalue weighted by atomic mass is 10.0. The number of anilines is 1. The molecule has 1 aliphatic heterocycles. The van der Waals surface area contributed by atoms with Crippen molar-refractivity contribution >= 4 is 34.6 Å². The molecule has 0 spiro atoms. The van der Waals surface area contributed by atoms with Gasteiger partial charge in [-0.15, -0.1) is 0 Å². The van der Waals surface area contributed by atoms with E-state index in [-0.39, 0.29) is 23.7 Å². The zero-order valence-electron chi connectivity index (χ0n) is 15.8. The maximum absolute atomic E-state index is 12.8. The fourth-order valence-electron chi connectivity index (χ4n) is 4.14. The minimum Gasteiger partial charge on any atom is -0.345 e. The highest BCUT2D eigenvalue weighted by molar-refractivity contribution is 6.15. The van der Waals surface area contributed by atoms with Crippen LogP contribution in [0.1, 0.15) is 33.8 Å². The second-order valence-electron chi connectivity index (χ2n) is 7.53. The monoisotopic (exact) mass is 387 g/mol. The molecule has 2 heterocycles. The second-order valence-corrected chi connectivity index (χ2v) is 7.53. The van der Waals surface area contributed by atoms with Crippen molar-refractivity contribution in [3.05, 3.63) is 65.4 Å². The molecule has 146 valence electrons. The fourth-order valence-corrected chi connectivity index (χ4v) is 4.14. The van der Waals surface area contributed by atoms with Crippen LogP contribution >= 0.6 is 0 Å². The summed E-state index contributed by atoms with van der Waals surface area (Å²) in [6.45, 7) is 1.08. The molecule has 2 atom stereocenters. The molecule has 0 saturated heterocycles. The number of aromatic nitrogens is 1. The van der Waals surface area contributed by atoms with E-state index in [0.29, 0.717) is 24.3 Å². The number of hydrazone groups is 1. The number of rotatable bonds is 5. The number of amides is 2. The van der Waals surface area contributed by atoms with Crippen molar-refractivity contribution in [3.63, 3.8) is 0 Å². The zero-order chi connectivity index (χ0) is 20.0. The average molecular weight is 387 g/mol. The maximum Gasteiger partial charge on any atom is 0.272 e. The quantitative estimate of drug-likeness (QED) is 0.627. The molecule has 1 aromatic heterocycles. The molecule has 1 saturated carbocycles. The Morgan fingerprint density at radius 2 is 2.10 bits per heavy atom. The minimum atomic E-state index is -0.291. The highest BCUT2D eigenvalue weighted by atomic mass is 16.2. The van der Waals surface area contributed by atoms with Gasteiger partial charge in [-0.3, -0.25) is 9.59 Å². The lowest BCUT2D eigenvalue weighted by molar-refractivity contribution is -0.117. The van der Waals surface area contributed by atoms with Crippen LogP contribution in [0.5, 0.6) is 0 Å². The van der Waals surface area contributed by atoms with Gasteiger partial charge in [0.1, 0.15) is 0 Å². The first-order valence-electron chi connectivity index (χ1n) is 9.72. The third-order valence-corrected chi connectivity index (χ3v) is 5.62. The predicted octanol–water partition coefficient (Wildman–Crippen LogP) is 2.42. The van der Waals surface area contributed by atoms with Gasteiger partial charge in [-0.2, -0.15) is 5.10 Å². The Balaban J connectivity index is 1.47. The van der Waals surface area contributed by atoms with Crippen LogP contribution < -0.4 is 16.5 Å². The largest absolute Gasteiger partial charge is 0.345 e. The van der Waals surface area contributed by atoms with Crippen LogP contribution in [0.2, 0.25) is 0 Å². The van der Waals surface area contributed by atoms with Crippen LogP contribution in [0.3, 0.4) is 0 Å². The molecule has 0 bridgehead atoms. The van der Waals surface area contributed by atoms with Gasteiger partial charge in [-0.05, 0) is 30.0 Å². The summed E-state index contributed by atoms with van der Waals surface area (Å²) in [6, 6.07) is 13.7. The topological polar surface area (TPSA) is 102 Å². The van der Waals surface area contributed by atoms with Gasteiger partial charge < -0.3 is 15.6 Å². The number of benzene rings is 2. The first-order chi connectivity index (χ1) is 14.2. The molecule has 2 unspecified atom stereocenters. The van der Waals surface area contributed by atoms with E-state index in [9.17, 15) is 9.59 Å². The first-order valence-corrected chi connectivity index (χ1v) is 9.72. The van der Waals surface area contributed by atoms with E-state index < -0.39 is 0 Å². The summed E-state index contributed by atoms with van der Waals surface area (Å²) in [5, 5.41) is 7.81. The van der Waals surface area contributed by atoms with Crippen LogP contribution in [0.15, 0.2) is 53.8 Å². The van der Waals surface area contributed by atoms with E-state index in [1.54, 1.807) is 12.3 Å². The van der Waals surface area contributed by atoms with E-state index in [2.05, 4.69) is 28.0 Å². The van der Waals surface area contributed by atoms with Gasteiger partial charge >= 0.3 is 0 Å². The first kappa shape index (κ1) is 17.6. The molecule has 4 N–H and O–H groups in total. The Labute approximate surface area is 167 Å². The third kappa shape index (κ3) is 3.09. The zero-order valence-corrected chi connectivity index (χ0v) is 15.8. The highest BCUT2D eigenvalue weighted by Gasteiger charge is 2.43. The van der Waals surface area contributed by atoms with Crippen molar-refractivity contribution in [1.29, 1.82) is 0 Å². The van der Waals surface area contributed by atoms with E-state index >= 15 is 0 Å². The summed E-state index contributed by atoms with van der Waals surface area (Å²) in [6.07, 6.45) is 4.41. The van der Waals surface area contributed by atoms with Crippen molar-refractivity contribution in [3.8, 4) is 0 Å². The van der Waals surface area contributed by atoms with Crippen LogP contribution in [-0.4, -0.2) is 29.1 Å². The van der Waals surface area contributed by atoms with Gasteiger partial charge in [0.25, 0.3) is 5.91 Å². The molecule has 1 aliphatic carbocycles. The Morgan fingerprint density at radius 3 is 2.90 bits per heavy atom. The standard InChI is InChI=1S/C22H21N5O2/c23-6-7-27-12-14-11-24-26-22(29)18-8-15(9-19(27)20(14)18)25-21(28)17-10-16(17)13-4-2-1-3-5-13/h1-5,8-9,11-12,16-17H,6-7,10,23H2,(H,25,28)(H,26,29). The summed E-state index contributed by atoms with van der Waals surface area (Å²) < 4.78 is 2.00. The molecule has 2 amide bonds. The third-order valence-electron chi connectivity index (χ3n) is 5.62. The molecule has 1 fully saturated rings. The smallest absolute Gasteiger partial charge is 0.272 e. The van der Waals surface area contributed by atoms with Gasteiger partial charge in [0, 0.05) is 41.8 Å². The van der Waals surface area contributed by atoms with Gasteiger partial charge in [0.2, 0.25) is 5.91 Å². The number of nitrogens with two attached hydrogens (primary N) is 1. The Hall–Kier alpha value is -3.45. The number of hydrogen-bond donors (Lipinski definition) is 3. The molecular formula is C22H21N5O2. The van der Waals surface area contributed by atoms with Crippen molar-refractivity contribution in [1.82, 2.24) is 9.99 Å². The Bertz CT molecular complexity index is 1150. The number of nitrogens with zero attached hydrogens (tertiary/aromatic N) is 2. The lowest BCUT2D eigenvalue weighted by Crippen LogP contribution is -2.18. The number of nitrogens with one attached hydrogen (secondary N) is 2. The van der Waals surface area contributed by atoms with Gasteiger partial charge in [-0.1, -0.05) is 30.3 Å². The van der Waals surface area contributed by atoms with Crippen molar-refractivity contribution in [2.24, 2.45) is 16.8 Å². The summed E-state index contributed by atoms with van der Waals surface area (Å²) in [5.41, 5.74) is 12.3. The van der Waals surface area contributed by atoms with E-state index in [1.807, 2.05) is 35.0 Å². The molecule has 2 aliphatic rings. The van der Waals surface area contributed by atoms with Crippen LogP contribution in [0.4, 0.5) is 5.69 Å². The average Bonchev–Trinajstić information content (AvgIpc) is 3.48. The van der Waals surface area contributed by atoms with E-state index in [1.165, 1.54) is 5.56 Å². The van der Waals surface area contributed by atoms with Gasteiger partial charge in [0.15, 0.2) is 0 Å². The molecule has 0 radical (unpaired) electrons. The normalized spacial score (nSPS) is 19.7. The summed E-state index contributed by atoms with van der Waals surface area (Å²) >= 11 is 0. The van der Waals surface area contributed by atoms with Gasteiger partial charge in [-0.25, -0.2) is 5.43 Å². The SMILES string of the molecule is NCCn1cc2c3c(cc(NC(=O)C4CC4c4ccccc4)cc31)C(=O)NN=C2. The van der Waals surface area contributed by atoms with E-state index in [4.69, 9.17) is 5.73 Å². The predicted molar refractivity (Wildman–Crippen MR) is 112 cm³/mol. The maximum atomic E-state index is 12.8. The molecule has 7 nitrogen and oxygen atoms in total. The summed E-state index contributed by atoms with van der Waals surface area (Å²) in [5.74, 6) is -0.102. The van der Waals surface area contributed by atoms with Crippen LogP contribution in [0, 0.1) is 5.92 Å². The molecule has 29 heavy (non-hydrogen) atoms.